The van der Waals surface area contributed by atoms with Crippen molar-refractivity contribution in [2.45, 2.75) is 57.8 Å². The van der Waals surface area contributed by atoms with E-state index in [0.29, 0.717) is 16.9 Å². The molecular formula is C25H32N6O6S. The maximum atomic E-state index is 12.3. The van der Waals surface area contributed by atoms with Crippen LogP contribution in [0.15, 0.2) is 12.1 Å². The Morgan fingerprint density at radius 3 is 1.39 bits per heavy atom. The lowest BCUT2D eigenvalue weighted by Gasteiger charge is -2.37. The van der Waals surface area contributed by atoms with Crippen LogP contribution in [-0.2, 0) is 0 Å². The van der Waals surface area contributed by atoms with Crippen molar-refractivity contribution in [2.75, 3.05) is 54.0 Å². The average molecular weight is 545 g/mol. The quantitative estimate of drug-likeness (QED) is 0.298. The highest BCUT2D eigenvalue weighted by molar-refractivity contribution is 7.20. The summed E-state index contributed by atoms with van der Waals surface area (Å²) in [6.45, 7) is 4.90. The lowest BCUT2D eigenvalue weighted by atomic mass is 9.99. The SMILES string of the molecule is O=[N+]([O-])c1sc(-c2c(N3CCCCC3)cc(N3CCCCC3)cc2N2CCCCC2)c([N+](=O)[O-])c1[N+](=O)[O-]. The summed E-state index contributed by atoms with van der Waals surface area (Å²) in [5.74, 6) is 0. The molecule has 2 aromatic rings. The lowest BCUT2D eigenvalue weighted by molar-refractivity contribution is -0.437. The van der Waals surface area contributed by atoms with Crippen molar-refractivity contribution in [3.8, 4) is 10.4 Å². The topological polar surface area (TPSA) is 139 Å². The van der Waals surface area contributed by atoms with Crippen LogP contribution in [0, 0.1) is 30.3 Å². The Morgan fingerprint density at radius 2 is 1.00 bits per heavy atom. The van der Waals surface area contributed by atoms with Gasteiger partial charge in [0.05, 0.1) is 14.8 Å². The summed E-state index contributed by atoms with van der Waals surface area (Å²) in [5.41, 5.74) is 1.30. The summed E-state index contributed by atoms with van der Waals surface area (Å²) in [6.07, 6.45) is 9.43. The van der Waals surface area contributed by atoms with Crippen molar-refractivity contribution in [1.82, 2.24) is 0 Å². The number of rotatable bonds is 7. The van der Waals surface area contributed by atoms with E-state index in [2.05, 4.69) is 26.8 Å². The summed E-state index contributed by atoms with van der Waals surface area (Å²) in [7, 11) is 0. The van der Waals surface area contributed by atoms with Gasteiger partial charge in [0.1, 0.15) is 4.88 Å². The molecule has 0 atom stereocenters. The van der Waals surface area contributed by atoms with E-state index in [1.807, 2.05) is 0 Å². The van der Waals surface area contributed by atoms with Crippen LogP contribution in [0.5, 0.6) is 0 Å². The van der Waals surface area contributed by atoms with Crippen LogP contribution in [-0.4, -0.2) is 54.0 Å². The highest BCUT2D eigenvalue weighted by Gasteiger charge is 2.45. The Bertz CT molecular complexity index is 1190. The van der Waals surface area contributed by atoms with Crippen LogP contribution in [0.4, 0.5) is 33.4 Å². The maximum Gasteiger partial charge on any atom is 0.435 e. The molecule has 0 aliphatic carbocycles. The highest BCUT2D eigenvalue weighted by atomic mass is 32.1. The summed E-state index contributed by atoms with van der Waals surface area (Å²) in [6, 6.07) is 4.11. The zero-order valence-corrected chi connectivity index (χ0v) is 22.1. The number of nitrogens with zero attached hydrogens (tertiary/aromatic N) is 6. The molecule has 0 unspecified atom stereocenters. The van der Waals surface area contributed by atoms with Crippen molar-refractivity contribution < 1.29 is 14.8 Å². The van der Waals surface area contributed by atoms with E-state index < -0.39 is 31.1 Å². The van der Waals surface area contributed by atoms with Gasteiger partial charge in [-0.15, -0.1) is 0 Å². The van der Waals surface area contributed by atoms with Crippen LogP contribution >= 0.6 is 11.3 Å². The van der Waals surface area contributed by atoms with E-state index in [1.165, 1.54) is 6.42 Å². The molecule has 3 aliphatic heterocycles. The van der Waals surface area contributed by atoms with Gasteiger partial charge in [0.25, 0.3) is 0 Å². The fraction of sp³-hybridized carbons (Fsp3) is 0.600. The van der Waals surface area contributed by atoms with Gasteiger partial charge in [-0.05, 0) is 81.3 Å². The molecule has 1 aromatic carbocycles. The van der Waals surface area contributed by atoms with E-state index in [4.69, 9.17) is 0 Å². The Balaban J connectivity index is 1.81. The van der Waals surface area contributed by atoms with Crippen molar-refractivity contribution in [3.63, 3.8) is 0 Å². The van der Waals surface area contributed by atoms with Crippen molar-refractivity contribution >= 4 is 44.8 Å². The van der Waals surface area contributed by atoms with E-state index in [0.717, 1.165) is 108 Å². The van der Waals surface area contributed by atoms with Gasteiger partial charge in [-0.3, -0.25) is 30.3 Å². The summed E-state index contributed by atoms with van der Waals surface area (Å²) in [4.78, 5) is 40.1. The third-order valence-electron chi connectivity index (χ3n) is 7.79. The van der Waals surface area contributed by atoms with Crippen LogP contribution in [0.3, 0.4) is 0 Å². The third-order valence-corrected chi connectivity index (χ3v) is 8.93. The molecule has 204 valence electrons. The number of anilines is 3. The molecule has 3 aliphatic rings. The fourth-order valence-corrected chi connectivity index (χ4v) is 7.08. The van der Waals surface area contributed by atoms with Gasteiger partial charge >= 0.3 is 16.4 Å². The van der Waals surface area contributed by atoms with Crippen LogP contribution in [0.25, 0.3) is 10.4 Å². The molecule has 38 heavy (non-hydrogen) atoms. The second-order valence-electron chi connectivity index (χ2n) is 10.2. The van der Waals surface area contributed by atoms with Crippen molar-refractivity contribution in [3.05, 3.63) is 42.5 Å². The molecular weight excluding hydrogens is 512 g/mol. The second kappa shape index (κ2) is 11.1. The zero-order valence-electron chi connectivity index (χ0n) is 21.3. The summed E-state index contributed by atoms with van der Waals surface area (Å²) >= 11 is 0.552. The number of thiophene rings is 1. The smallest absolute Gasteiger partial charge is 0.371 e. The van der Waals surface area contributed by atoms with Gasteiger partial charge in [0.2, 0.25) is 0 Å². The van der Waals surface area contributed by atoms with Gasteiger partial charge in [-0.2, -0.15) is 0 Å². The van der Waals surface area contributed by atoms with E-state index in [-0.39, 0.29) is 4.88 Å². The first-order valence-electron chi connectivity index (χ1n) is 13.4. The van der Waals surface area contributed by atoms with Gasteiger partial charge < -0.3 is 14.7 Å². The van der Waals surface area contributed by atoms with Gasteiger partial charge in [-0.25, -0.2) is 0 Å². The molecule has 4 heterocycles. The number of hydrogen-bond donors (Lipinski definition) is 0. The minimum atomic E-state index is -1.03. The molecule has 0 spiro atoms. The predicted molar refractivity (Wildman–Crippen MR) is 148 cm³/mol. The normalized spacial score (nSPS) is 18.5. The van der Waals surface area contributed by atoms with Gasteiger partial charge in [0, 0.05) is 61.9 Å². The van der Waals surface area contributed by atoms with Crippen LogP contribution < -0.4 is 14.7 Å². The molecule has 0 saturated carbocycles. The molecule has 0 bridgehead atoms. The number of benzene rings is 1. The molecule has 0 N–H and O–H groups in total. The fourth-order valence-electron chi connectivity index (χ4n) is 5.96. The Morgan fingerprint density at radius 1 is 0.579 bits per heavy atom. The second-order valence-corrected chi connectivity index (χ2v) is 11.2. The van der Waals surface area contributed by atoms with Crippen molar-refractivity contribution in [2.24, 2.45) is 0 Å². The monoisotopic (exact) mass is 544 g/mol. The van der Waals surface area contributed by atoms with E-state index in [1.54, 1.807) is 0 Å². The molecule has 12 nitrogen and oxygen atoms in total. The molecule has 3 saturated heterocycles. The molecule has 0 amide bonds. The Hall–Kier alpha value is -3.48. The van der Waals surface area contributed by atoms with Crippen LogP contribution in [0.1, 0.15) is 57.8 Å². The standard InChI is InChI=1S/C25H32N6O6S/c32-29(33)22-23(30(34)35)25(31(36)37)38-24(22)21-19(27-12-6-2-7-13-27)16-18(26-10-4-1-5-11-26)17-20(21)28-14-8-3-9-15-28/h16-17H,1-15H2. The summed E-state index contributed by atoms with van der Waals surface area (Å²) in [5, 5.41) is 35.2. The lowest BCUT2D eigenvalue weighted by Crippen LogP contribution is -2.34. The first-order chi connectivity index (χ1) is 18.4. The third kappa shape index (κ3) is 4.98. The molecule has 1 aromatic heterocycles. The van der Waals surface area contributed by atoms with Crippen LogP contribution in [0.2, 0.25) is 0 Å². The Kier molecular flexibility index (Phi) is 7.63. The van der Waals surface area contributed by atoms with E-state index in [9.17, 15) is 30.3 Å². The highest BCUT2D eigenvalue weighted by Crippen LogP contribution is 2.56. The van der Waals surface area contributed by atoms with Gasteiger partial charge in [0.15, 0.2) is 0 Å². The van der Waals surface area contributed by atoms with E-state index >= 15 is 0 Å². The minimum Gasteiger partial charge on any atom is -0.371 e. The number of piperidine rings is 3. The average Bonchev–Trinajstić information content (AvgIpc) is 3.35. The van der Waals surface area contributed by atoms with Gasteiger partial charge in [-0.1, -0.05) is 0 Å². The predicted octanol–water partition coefficient (Wildman–Crippen LogP) is 6.11. The Labute approximate surface area is 224 Å². The molecule has 0 radical (unpaired) electrons. The molecule has 13 heteroatoms. The largest absolute Gasteiger partial charge is 0.435 e. The zero-order chi connectivity index (χ0) is 26.8. The summed E-state index contributed by atoms with van der Waals surface area (Å²) < 4.78 is 0. The molecule has 5 rings (SSSR count). The van der Waals surface area contributed by atoms with Crippen molar-refractivity contribution in [1.29, 1.82) is 0 Å². The first kappa shape index (κ1) is 26.1. The molecule has 3 fully saturated rings. The number of nitro groups is 3. The first-order valence-corrected chi connectivity index (χ1v) is 14.2. The number of hydrogen-bond acceptors (Lipinski definition) is 10. The minimum absolute atomic E-state index is 0.000240. The maximum absolute atomic E-state index is 12.3.